The third-order valence-electron chi connectivity index (χ3n) is 5.14. The average Bonchev–Trinajstić information content (AvgIpc) is 3.39. The summed E-state index contributed by atoms with van der Waals surface area (Å²) < 4.78 is 7.17. The molecular formula is C23H25N7O2. The van der Waals surface area contributed by atoms with Gasteiger partial charge in [0.05, 0.1) is 11.7 Å². The largest absolute Gasteiger partial charge is 0.440 e. The molecule has 3 heterocycles. The van der Waals surface area contributed by atoms with Gasteiger partial charge in [-0.3, -0.25) is 9.48 Å². The molecule has 9 heteroatoms. The van der Waals surface area contributed by atoms with Gasteiger partial charge < -0.3 is 15.1 Å². The van der Waals surface area contributed by atoms with Crippen molar-refractivity contribution in [2.24, 2.45) is 7.05 Å². The van der Waals surface area contributed by atoms with E-state index in [2.05, 4.69) is 30.7 Å². The van der Waals surface area contributed by atoms with Crippen molar-refractivity contribution in [3.8, 4) is 11.4 Å². The lowest BCUT2D eigenvalue weighted by atomic mass is 9.93. The van der Waals surface area contributed by atoms with E-state index in [1.807, 2.05) is 65.1 Å². The summed E-state index contributed by atoms with van der Waals surface area (Å²) in [4.78, 5) is 26.1. The first-order valence-corrected chi connectivity index (χ1v) is 10.2. The third kappa shape index (κ3) is 4.36. The van der Waals surface area contributed by atoms with Crippen LogP contribution >= 0.6 is 0 Å². The molecule has 4 aromatic rings. The van der Waals surface area contributed by atoms with E-state index < -0.39 is 11.4 Å². The van der Waals surface area contributed by atoms with Gasteiger partial charge in [0.25, 0.3) is 5.89 Å². The minimum absolute atomic E-state index is 0.0279. The van der Waals surface area contributed by atoms with Crippen LogP contribution in [-0.4, -0.2) is 30.6 Å². The monoisotopic (exact) mass is 431 g/mol. The Morgan fingerprint density at radius 2 is 1.97 bits per heavy atom. The molecule has 0 saturated heterocycles. The van der Waals surface area contributed by atoms with Crippen LogP contribution in [0.5, 0.6) is 0 Å². The fourth-order valence-corrected chi connectivity index (χ4v) is 3.30. The molecule has 9 nitrogen and oxygen atoms in total. The summed E-state index contributed by atoms with van der Waals surface area (Å²) in [5, 5.41) is 10.2. The zero-order chi connectivity index (χ0) is 22.9. The summed E-state index contributed by atoms with van der Waals surface area (Å²) in [6.45, 7) is 7.77. The number of benzene rings is 1. The summed E-state index contributed by atoms with van der Waals surface area (Å²) in [5.74, 6) is 0.713. The molecule has 0 radical (unpaired) electrons. The van der Waals surface area contributed by atoms with Gasteiger partial charge in [-0.1, -0.05) is 29.8 Å². The molecule has 0 aliphatic heterocycles. The molecule has 1 aromatic carbocycles. The number of aryl methyl sites for hydroxylation is 3. The number of carbonyl (C=O) groups excluding carboxylic acids is 1. The fraction of sp³-hybridized carbons (Fsp3) is 0.261. The lowest BCUT2D eigenvalue weighted by molar-refractivity contribution is 0.0876. The van der Waals surface area contributed by atoms with Crippen LogP contribution < -0.4 is 10.6 Å². The van der Waals surface area contributed by atoms with Gasteiger partial charge in [0.15, 0.2) is 0 Å². The van der Waals surface area contributed by atoms with Gasteiger partial charge in [-0.15, -0.1) is 0 Å². The highest BCUT2D eigenvalue weighted by atomic mass is 16.4. The van der Waals surface area contributed by atoms with Crippen LogP contribution in [0.3, 0.4) is 0 Å². The van der Waals surface area contributed by atoms with Crippen LogP contribution in [0.1, 0.15) is 41.2 Å². The fourth-order valence-electron chi connectivity index (χ4n) is 3.30. The lowest BCUT2D eigenvalue weighted by Gasteiger charge is -2.26. The topological polar surface area (TPSA) is 111 Å². The Morgan fingerprint density at radius 3 is 2.69 bits per heavy atom. The Hall–Kier alpha value is -4.01. The summed E-state index contributed by atoms with van der Waals surface area (Å²) in [5.41, 5.74) is 3.36. The Kier molecular flexibility index (Phi) is 5.48. The number of rotatable bonds is 6. The van der Waals surface area contributed by atoms with Gasteiger partial charge in [-0.25, -0.2) is 15.0 Å². The summed E-state index contributed by atoms with van der Waals surface area (Å²) in [6.07, 6.45) is 4.80. The maximum atomic E-state index is 12.8. The molecule has 0 fully saturated rings. The first-order chi connectivity index (χ1) is 15.2. The smallest absolute Gasteiger partial charge is 0.307 e. The van der Waals surface area contributed by atoms with Crippen LogP contribution in [0.2, 0.25) is 0 Å². The molecular weight excluding hydrogens is 406 g/mol. The molecule has 0 aliphatic carbocycles. The van der Waals surface area contributed by atoms with Gasteiger partial charge in [-0.05, 0) is 38.8 Å². The zero-order valence-electron chi connectivity index (χ0n) is 18.7. The summed E-state index contributed by atoms with van der Waals surface area (Å²) in [6, 6.07) is 9.83. The van der Waals surface area contributed by atoms with Crippen LogP contribution in [0.15, 0.2) is 53.4 Å². The molecule has 0 atom stereocenters. The molecule has 1 amide bonds. The number of hydrogen-bond donors (Lipinski definition) is 2. The van der Waals surface area contributed by atoms with E-state index in [0.29, 0.717) is 17.3 Å². The number of anilines is 2. The van der Waals surface area contributed by atoms with E-state index in [1.165, 1.54) is 6.26 Å². The van der Waals surface area contributed by atoms with Crippen LogP contribution in [0, 0.1) is 13.8 Å². The molecule has 0 saturated carbocycles. The molecule has 3 aromatic heterocycles. The Bertz CT molecular complexity index is 1270. The molecule has 0 spiro atoms. The highest BCUT2D eigenvalue weighted by Crippen LogP contribution is 2.24. The van der Waals surface area contributed by atoms with E-state index in [0.717, 1.165) is 22.5 Å². The number of nitrogens with one attached hydrogen (secondary N) is 2. The molecule has 32 heavy (non-hydrogen) atoms. The van der Waals surface area contributed by atoms with Gasteiger partial charge in [-0.2, -0.15) is 5.10 Å². The lowest BCUT2D eigenvalue weighted by Crippen LogP contribution is -2.41. The maximum absolute atomic E-state index is 12.8. The minimum atomic E-state index is -0.594. The quantitative estimate of drug-likeness (QED) is 0.476. The number of amides is 1. The predicted molar refractivity (Wildman–Crippen MR) is 120 cm³/mol. The normalized spacial score (nSPS) is 11.4. The molecule has 0 aliphatic rings. The molecule has 0 unspecified atom stereocenters. The standard InChI is InChI=1S/C23H25N7O2/c1-14-7-6-8-16(11-14)23(3,4)29-20(31)21-26-17(13-32-21)19-15(2)12-24-22(28-19)27-18-9-10-25-30(18)5/h6-13H,1-5H3,(H,29,31)(H,24,27,28). The van der Waals surface area contributed by atoms with Gasteiger partial charge in [0, 0.05) is 19.3 Å². The Balaban J connectivity index is 1.55. The highest BCUT2D eigenvalue weighted by molar-refractivity contribution is 5.90. The summed E-state index contributed by atoms with van der Waals surface area (Å²) >= 11 is 0. The first kappa shape index (κ1) is 21.2. The van der Waals surface area contributed by atoms with Crippen molar-refractivity contribution in [2.45, 2.75) is 33.2 Å². The van der Waals surface area contributed by atoms with E-state index in [-0.39, 0.29) is 5.89 Å². The zero-order valence-corrected chi connectivity index (χ0v) is 18.7. The second-order valence-electron chi connectivity index (χ2n) is 8.18. The first-order valence-electron chi connectivity index (χ1n) is 10.2. The van der Waals surface area contributed by atoms with Crippen molar-refractivity contribution in [2.75, 3.05) is 5.32 Å². The number of carbonyl (C=O) groups is 1. The van der Waals surface area contributed by atoms with E-state index in [9.17, 15) is 4.79 Å². The van der Waals surface area contributed by atoms with Crippen molar-refractivity contribution in [1.82, 2.24) is 30.0 Å². The third-order valence-corrected chi connectivity index (χ3v) is 5.14. The molecule has 164 valence electrons. The number of hydrogen-bond acceptors (Lipinski definition) is 7. The Morgan fingerprint density at radius 1 is 1.16 bits per heavy atom. The number of aromatic nitrogens is 5. The summed E-state index contributed by atoms with van der Waals surface area (Å²) in [7, 11) is 1.82. The molecule has 0 bridgehead atoms. The molecule has 4 rings (SSSR count). The van der Waals surface area contributed by atoms with Crippen LogP contribution in [0.4, 0.5) is 11.8 Å². The minimum Gasteiger partial charge on any atom is -0.440 e. The highest BCUT2D eigenvalue weighted by Gasteiger charge is 2.26. The van der Waals surface area contributed by atoms with Gasteiger partial charge in [0.2, 0.25) is 5.95 Å². The van der Waals surface area contributed by atoms with E-state index in [4.69, 9.17) is 4.42 Å². The van der Waals surface area contributed by atoms with E-state index >= 15 is 0 Å². The van der Waals surface area contributed by atoms with Crippen molar-refractivity contribution in [1.29, 1.82) is 0 Å². The number of oxazole rings is 1. The van der Waals surface area contributed by atoms with Crippen molar-refractivity contribution < 1.29 is 9.21 Å². The van der Waals surface area contributed by atoms with Gasteiger partial charge in [0.1, 0.15) is 23.5 Å². The van der Waals surface area contributed by atoms with E-state index in [1.54, 1.807) is 17.1 Å². The van der Waals surface area contributed by atoms with Crippen molar-refractivity contribution >= 4 is 17.7 Å². The SMILES string of the molecule is Cc1cccc(C(C)(C)NC(=O)c2nc(-c3nc(Nc4ccnn4C)ncc3C)co2)c1. The van der Waals surface area contributed by atoms with Crippen LogP contribution in [0.25, 0.3) is 11.4 Å². The van der Waals surface area contributed by atoms with Crippen LogP contribution in [-0.2, 0) is 12.6 Å². The molecule has 2 N–H and O–H groups in total. The van der Waals surface area contributed by atoms with Crippen molar-refractivity contribution in [3.05, 3.63) is 71.6 Å². The Labute approximate surface area is 185 Å². The maximum Gasteiger partial charge on any atom is 0.307 e. The number of nitrogens with zero attached hydrogens (tertiary/aromatic N) is 5. The van der Waals surface area contributed by atoms with Gasteiger partial charge >= 0.3 is 5.91 Å². The second kappa shape index (κ2) is 8.26. The average molecular weight is 432 g/mol. The van der Waals surface area contributed by atoms with Crippen molar-refractivity contribution in [3.63, 3.8) is 0 Å². The second-order valence-corrected chi connectivity index (χ2v) is 8.18. The predicted octanol–water partition coefficient (Wildman–Crippen LogP) is 3.89.